The van der Waals surface area contributed by atoms with Gasteiger partial charge < -0.3 is 0 Å². The van der Waals surface area contributed by atoms with Crippen molar-refractivity contribution in [1.82, 2.24) is 19.7 Å². The largest absolute Gasteiger partial charge is 0.343 e. The van der Waals surface area contributed by atoms with E-state index < -0.39 is 0 Å². The molecule has 0 radical (unpaired) electrons. The first-order valence-electron chi connectivity index (χ1n) is 7.44. The molecule has 0 fully saturated rings. The van der Waals surface area contributed by atoms with Crippen molar-refractivity contribution in [1.29, 1.82) is 0 Å². The number of rotatable bonds is 3. The van der Waals surface area contributed by atoms with Crippen molar-refractivity contribution < 1.29 is 0 Å². The van der Waals surface area contributed by atoms with Gasteiger partial charge in [0.25, 0.3) is 0 Å². The predicted octanol–water partition coefficient (Wildman–Crippen LogP) is 3.41. The average Bonchev–Trinajstić information content (AvgIpc) is 3.01. The van der Waals surface area contributed by atoms with E-state index in [0.29, 0.717) is 5.02 Å². The minimum atomic E-state index is -0.345. The number of nitrogens with one attached hydrogen (secondary N) is 1. The van der Waals surface area contributed by atoms with Gasteiger partial charge in [-0.25, -0.2) is 9.89 Å². The van der Waals surface area contributed by atoms with Crippen LogP contribution < -0.4 is 5.69 Å². The molecule has 0 amide bonds. The van der Waals surface area contributed by atoms with Gasteiger partial charge in [-0.2, -0.15) is 5.10 Å². The summed E-state index contributed by atoms with van der Waals surface area (Å²) >= 11 is 6.17. The molecule has 4 rings (SSSR count). The molecule has 1 atom stereocenters. The summed E-state index contributed by atoms with van der Waals surface area (Å²) in [5.74, 6) is 0. The Labute approximate surface area is 142 Å². The van der Waals surface area contributed by atoms with E-state index >= 15 is 0 Å². The molecule has 0 saturated heterocycles. The molecule has 118 valence electrons. The van der Waals surface area contributed by atoms with Gasteiger partial charge in [0.1, 0.15) is 6.33 Å². The summed E-state index contributed by atoms with van der Waals surface area (Å²) in [6, 6.07) is 16.9. The number of fused-ring (bicyclic) bond motifs is 1. The van der Waals surface area contributed by atoms with E-state index in [2.05, 4.69) is 15.2 Å². The molecule has 2 aromatic carbocycles. The fourth-order valence-electron chi connectivity index (χ4n) is 2.96. The monoisotopic (exact) mass is 336 g/mol. The molecular formula is C18H13ClN4O. The fourth-order valence-corrected chi connectivity index (χ4v) is 3.16. The van der Waals surface area contributed by atoms with Crippen LogP contribution in [0.2, 0.25) is 5.02 Å². The Morgan fingerprint density at radius 2 is 1.96 bits per heavy atom. The normalized spacial score (nSPS) is 12.4. The van der Waals surface area contributed by atoms with Gasteiger partial charge in [0.15, 0.2) is 0 Å². The lowest BCUT2D eigenvalue weighted by Gasteiger charge is -2.20. The van der Waals surface area contributed by atoms with Crippen molar-refractivity contribution >= 4 is 22.5 Å². The smallest absolute Gasteiger partial charge is 0.270 e. The third kappa shape index (κ3) is 2.49. The van der Waals surface area contributed by atoms with Crippen LogP contribution in [0, 0.1) is 0 Å². The number of halogens is 1. The minimum Gasteiger partial charge on any atom is -0.270 e. The average molecular weight is 337 g/mol. The lowest BCUT2D eigenvalue weighted by Crippen LogP contribution is -2.23. The van der Waals surface area contributed by atoms with Crippen molar-refractivity contribution in [3.63, 3.8) is 0 Å². The third-order valence-electron chi connectivity index (χ3n) is 4.00. The van der Waals surface area contributed by atoms with E-state index in [1.165, 1.54) is 6.33 Å². The first kappa shape index (κ1) is 14.7. The second kappa shape index (κ2) is 5.94. The topological polar surface area (TPSA) is 63.6 Å². The van der Waals surface area contributed by atoms with Crippen LogP contribution in [0.25, 0.3) is 10.9 Å². The highest BCUT2D eigenvalue weighted by atomic mass is 35.5. The fraction of sp³-hybridized carbons (Fsp3) is 0.0556. The number of benzene rings is 2. The summed E-state index contributed by atoms with van der Waals surface area (Å²) in [4.78, 5) is 16.6. The van der Waals surface area contributed by atoms with Gasteiger partial charge in [-0.15, -0.1) is 0 Å². The van der Waals surface area contributed by atoms with Crippen molar-refractivity contribution in [2.75, 3.05) is 0 Å². The van der Waals surface area contributed by atoms with Crippen LogP contribution in [0.1, 0.15) is 17.2 Å². The van der Waals surface area contributed by atoms with Crippen LogP contribution in [-0.2, 0) is 0 Å². The zero-order valence-electron chi connectivity index (χ0n) is 12.6. The summed E-state index contributed by atoms with van der Waals surface area (Å²) in [5.41, 5.74) is 2.47. The first-order chi connectivity index (χ1) is 11.7. The summed E-state index contributed by atoms with van der Waals surface area (Å²) in [6.45, 7) is 0. The Hall–Kier alpha value is -2.92. The van der Waals surface area contributed by atoms with E-state index in [1.807, 2.05) is 54.6 Å². The maximum atomic E-state index is 12.2. The van der Waals surface area contributed by atoms with E-state index in [-0.39, 0.29) is 11.7 Å². The number of aromatic nitrogens is 4. The second-order valence-electron chi connectivity index (χ2n) is 5.44. The number of nitrogens with zero attached hydrogens (tertiary/aromatic N) is 3. The van der Waals surface area contributed by atoms with Gasteiger partial charge in [0.05, 0.1) is 11.6 Å². The van der Waals surface area contributed by atoms with Crippen molar-refractivity contribution in [3.8, 4) is 0 Å². The van der Waals surface area contributed by atoms with Gasteiger partial charge in [-0.1, -0.05) is 41.9 Å². The van der Waals surface area contributed by atoms with Gasteiger partial charge >= 0.3 is 5.69 Å². The Bertz CT molecular complexity index is 1060. The van der Waals surface area contributed by atoms with E-state index in [0.717, 1.165) is 22.0 Å². The van der Waals surface area contributed by atoms with Crippen LogP contribution in [0.4, 0.5) is 0 Å². The molecule has 4 aromatic rings. The SMILES string of the molecule is O=c1[nH]ncn1C(c1cccc(Cl)c1)c1ccnc2ccccc12. The van der Waals surface area contributed by atoms with Crippen LogP contribution in [-0.4, -0.2) is 19.7 Å². The number of para-hydroxylation sites is 1. The lowest BCUT2D eigenvalue weighted by molar-refractivity contribution is 0.655. The molecule has 0 aliphatic heterocycles. The molecule has 1 N–H and O–H groups in total. The Morgan fingerprint density at radius 3 is 2.75 bits per heavy atom. The van der Waals surface area contributed by atoms with Crippen LogP contribution in [0.15, 0.2) is 71.9 Å². The number of pyridine rings is 1. The number of H-pyrrole nitrogens is 1. The van der Waals surface area contributed by atoms with Gasteiger partial charge in [-0.3, -0.25) is 9.55 Å². The summed E-state index contributed by atoms with van der Waals surface area (Å²) in [6.07, 6.45) is 3.25. The highest BCUT2D eigenvalue weighted by molar-refractivity contribution is 6.30. The molecule has 0 saturated carbocycles. The molecule has 1 unspecified atom stereocenters. The number of hydrogen-bond acceptors (Lipinski definition) is 3. The highest BCUT2D eigenvalue weighted by Crippen LogP contribution is 2.31. The number of hydrogen-bond donors (Lipinski definition) is 1. The second-order valence-corrected chi connectivity index (χ2v) is 5.88. The first-order valence-corrected chi connectivity index (χ1v) is 7.82. The molecule has 0 aliphatic carbocycles. The Kier molecular flexibility index (Phi) is 3.63. The molecule has 2 heterocycles. The zero-order valence-corrected chi connectivity index (χ0v) is 13.3. The molecule has 0 aliphatic rings. The van der Waals surface area contributed by atoms with Crippen molar-refractivity contribution in [2.24, 2.45) is 0 Å². The van der Waals surface area contributed by atoms with Gasteiger partial charge in [-0.05, 0) is 35.4 Å². The molecule has 2 aromatic heterocycles. The van der Waals surface area contributed by atoms with E-state index in [4.69, 9.17) is 11.6 Å². The molecule has 6 heteroatoms. The molecular weight excluding hydrogens is 324 g/mol. The van der Waals surface area contributed by atoms with Crippen LogP contribution >= 0.6 is 11.6 Å². The van der Waals surface area contributed by atoms with E-state index in [9.17, 15) is 4.79 Å². The summed E-state index contributed by atoms with van der Waals surface area (Å²) in [7, 11) is 0. The summed E-state index contributed by atoms with van der Waals surface area (Å²) < 4.78 is 1.56. The Balaban J connectivity index is 2.03. The Morgan fingerprint density at radius 1 is 1.08 bits per heavy atom. The third-order valence-corrected chi connectivity index (χ3v) is 4.23. The van der Waals surface area contributed by atoms with Gasteiger partial charge in [0, 0.05) is 16.6 Å². The van der Waals surface area contributed by atoms with Crippen molar-refractivity contribution in [2.45, 2.75) is 6.04 Å². The lowest BCUT2D eigenvalue weighted by atomic mass is 9.95. The van der Waals surface area contributed by atoms with Crippen LogP contribution in [0.3, 0.4) is 0 Å². The predicted molar refractivity (Wildman–Crippen MR) is 93.3 cm³/mol. The van der Waals surface area contributed by atoms with Crippen molar-refractivity contribution in [3.05, 3.63) is 93.8 Å². The highest BCUT2D eigenvalue weighted by Gasteiger charge is 2.21. The molecule has 0 bridgehead atoms. The van der Waals surface area contributed by atoms with Gasteiger partial charge in [0.2, 0.25) is 0 Å². The maximum Gasteiger partial charge on any atom is 0.343 e. The molecule has 24 heavy (non-hydrogen) atoms. The maximum absolute atomic E-state index is 12.2. The minimum absolute atomic E-state index is 0.277. The van der Waals surface area contributed by atoms with E-state index in [1.54, 1.807) is 10.8 Å². The molecule has 0 spiro atoms. The molecule has 5 nitrogen and oxygen atoms in total. The quantitative estimate of drug-likeness (QED) is 0.623. The summed E-state index contributed by atoms with van der Waals surface area (Å²) in [5, 5.41) is 7.94. The van der Waals surface area contributed by atoms with Crippen LogP contribution in [0.5, 0.6) is 0 Å². The number of aromatic amines is 1. The standard InChI is InChI=1S/C18H13ClN4O/c19-13-5-3-4-12(10-13)17(23-11-21-22-18(23)24)15-8-9-20-16-7-2-1-6-14(15)16/h1-11,17H,(H,22,24). The zero-order chi connectivity index (χ0) is 16.5.